The van der Waals surface area contributed by atoms with Gasteiger partial charge in [0, 0.05) is 17.4 Å². The zero-order valence-corrected chi connectivity index (χ0v) is 16.1. The van der Waals surface area contributed by atoms with Crippen molar-refractivity contribution in [3.8, 4) is 17.2 Å². The van der Waals surface area contributed by atoms with Crippen molar-refractivity contribution in [3.63, 3.8) is 0 Å². The summed E-state index contributed by atoms with van der Waals surface area (Å²) in [5.74, 6) is 2.25. The molecule has 0 saturated heterocycles. The first kappa shape index (κ1) is 19.4. The summed E-state index contributed by atoms with van der Waals surface area (Å²) in [6.45, 7) is 6.10. The molecule has 140 valence electrons. The Labute approximate surface area is 154 Å². The molecule has 0 saturated carbocycles. The fourth-order valence-electron chi connectivity index (χ4n) is 2.66. The Morgan fingerprint density at radius 3 is 2.12 bits per heavy atom. The fraction of sp³-hybridized carbons (Fsp3) is 0.350. The summed E-state index contributed by atoms with van der Waals surface area (Å²) >= 11 is 0. The molecule has 0 heterocycles. The van der Waals surface area contributed by atoms with Crippen molar-refractivity contribution < 1.29 is 19.0 Å². The summed E-state index contributed by atoms with van der Waals surface area (Å²) < 4.78 is 15.9. The average molecular weight is 358 g/mol. The molecule has 0 aliphatic rings. The molecule has 0 atom stereocenters. The monoisotopic (exact) mass is 358 g/mol. The topological polar surface area (TPSA) is 68.8 Å². The van der Waals surface area contributed by atoms with Crippen LogP contribution in [-0.4, -0.2) is 27.4 Å². The van der Waals surface area contributed by atoms with Crippen LogP contribution in [0.2, 0.25) is 0 Å². The van der Waals surface area contributed by atoms with Crippen LogP contribution in [0.3, 0.4) is 0 Å². The Bertz CT molecular complexity index is 788. The zero-order valence-electron chi connectivity index (χ0n) is 16.1. The first-order valence-corrected chi connectivity index (χ1v) is 8.38. The molecule has 0 aliphatic heterocycles. The van der Waals surface area contributed by atoms with E-state index in [1.807, 2.05) is 19.1 Å². The minimum Gasteiger partial charge on any atom is -0.496 e. The highest BCUT2D eigenvalue weighted by Crippen LogP contribution is 2.32. The highest BCUT2D eigenvalue weighted by atomic mass is 16.5. The van der Waals surface area contributed by atoms with Crippen LogP contribution >= 0.6 is 0 Å². The zero-order chi connectivity index (χ0) is 19.3. The second-order valence-electron chi connectivity index (χ2n) is 6.21. The molecular weight excluding hydrogens is 332 g/mol. The van der Waals surface area contributed by atoms with E-state index >= 15 is 0 Å². The normalized spacial score (nSPS) is 10.4. The number of urea groups is 1. The van der Waals surface area contributed by atoms with Crippen LogP contribution in [0.25, 0.3) is 0 Å². The van der Waals surface area contributed by atoms with Gasteiger partial charge in [0.15, 0.2) is 11.5 Å². The lowest BCUT2D eigenvalue weighted by atomic mass is 9.99. The second kappa shape index (κ2) is 8.47. The quantitative estimate of drug-likeness (QED) is 0.779. The van der Waals surface area contributed by atoms with Gasteiger partial charge in [0.25, 0.3) is 0 Å². The highest BCUT2D eigenvalue weighted by Gasteiger charge is 2.13. The van der Waals surface area contributed by atoms with E-state index in [1.165, 1.54) is 0 Å². The largest absolute Gasteiger partial charge is 0.496 e. The first-order chi connectivity index (χ1) is 12.4. The van der Waals surface area contributed by atoms with Crippen molar-refractivity contribution in [2.24, 2.45) is 0 Å². The summed E-state index contributed by atoms with van der Waals surface area (Å²) in [6.07, 6.45) is 0. The maximum absolute atomic E-state index is 12.4. The molecule has 0 spiro atoms. The Morgan fingerprint density at radius 1 is 0.885 bits per heavy atom. The number of ether oxygens (including phenoxy) is 3. The number of nitrogens with one attached hydrogen (secondary N) is 2. The van der Waals surface area contributed by atoms with Gasteiger partial charge < -0.3 is 24.8 Å². The number of hydrogen-bond acceptors (Lipinski definition) is 4. The fourth-order valence-corrected chi connectivity index (χ4v) is 2.66. The Kier molecular flexibility index (Phi) is 6.33. The Balaban J connectivity index is 2.19. The van der Waals surface area contributed by atoms with Gasteiger partial charge in [-0.05, 0) is 48.2 Å². The summed E-state index contributed by atoms with van der Waals surface area (Å²) in [7, 11) is 4.77. The van der Waals surface area contributed by atoms with Crippen LogP contribution in [0.1, 0.15) is 30.9 Å². The second-order valence-corrected chi connectivity index (χ2v) is 6.21. The molecule has 0 aliphatic carbocycles. The van der Waals surface area contributed by atoms with E-state index in [-0.39, 0.29) is 11.9 Å². The van der Waals surface area contributed by atoms with Crippen molar-refractivity contribution in [3.05, 3.63) is 41.5 Å². The van der Waals surface area contributed by atoms with E-state index in [0.717, 1.165) is 22.6 Å². The molecule has 0 radical (unpaired) electrons. The summed E-state index contributed by atoms with van der Waals surface area (Å²) in [5.41, 5.74) is 3.32. The van der Waals surface area contributed by atoms with Gasteiger partial charge >= 0.3 is 6.03 Å². The SMILES string of the molecule is COc1ccc(NC(=O)Nc2cc(C(C)C)c(OC)cc2C)cc1OC. The third-order valence-electron chi connectivity index (χ3n) is 4.09. The molecule has 2 rings (SSSR count). The first-order valence-electron chi connectivity index (χ1n) is 8.38. The van der Waals surface area contributed by atoms with Crippen molar-refractivity contribution in [2.45, 2.75) is 26.7 Å². The van der Waals surface area contributed by atoms with Crippen molar-refractivity contribution >= 4 is 17.4 Å². The molecule has 6 nitrogen and oxygen atoms in total. The van der Waals surface area contributed by atoms with Gasteiger partial charge in [-0.1, -0.05) is 13.8 Å². The standard InChI is InChI=1S/C20H26N2O4/c1-12(2)15-11-16(13(3)9-18(15)25-5)22-20(23)21-14-7-8-17(24-4)19(10-14)26-6/h7-12H,1-6H3,(H2,21,22,23). The van der Waals surface area contributed by atoms with Gasteiger partial charge in [-0.25, -0.2) is 4.79 Å². The molecule has 2 amide bonds. The molecule has 0 bridgehead atoms. The van der Waals surface area contributed by atoms with E-state index < -0.39 is 0 Å². The molecular formula is C20H26N2O4. The summed E-state index contributed by atoms with van der Waals surface area (Å²) in [4.78, 5) is 12.4. The van der Waals surface area contributed by atoms with Gasteiger partial charge in [0.05, 0.1) is 21.3 Å². The lowest BCUT2D eigenvalue weighted by Crippen LogP contribution is -2.20. The molecule has 0 fully saturated rings. The van der Waals surface area contributed by atoms with Crippen LogP contribution in [0.5, 0.6) is 17.2 Å². The van der Waals surface area contributed by atoms with Crippen LogP contribution in [0, 0.1) is 6.92 Å². The van der Waals surface area contributed by atoms with E-state index in [0.29, 0.717) is 17.2 Å². The van der Waals surface area contributed by atoms with Gasteiger partial charge in [0.2, 0.25) is 0 Å². The predicted molar refractivity (Wildman–Crippen MR) is 104 cm³/mol. The lowest BCUT2D eigenvalue weighted by molar-refractivity contribution is 0.262. The van der Waals surface area contributed by atoms with Crippen LogP contribution in [-0.2, 0) is 0 Å². The maximum atomic E-state index is 12.4. The average Bonchev–Trinajstić information content (AvgIpc) is 2.62. The van der Waals surface area contributed by atoms with E-state index in [9.17, 15) is 4.79 Å². The van der Waals surface area contributed by atoms with Gasteiger partial charge in [-0.3, -0.25) is 0 Å². The van der Waals surface area contributed by atoms with E-state index in [4.69, 9.17) is 14.2 Å². The minimum absolute atomic E-state index is 0.278. The molecule has 2 aromatic rings. The minimum atomic E-state index is -0.333. The van der Waals surface area contributed by atoms with E-state index in [1.54, 1.807) is 39.5 Å². The molecule has 26 heavy (non-hydrogen) atoms. The molecule has 2 N–H and O–H groups in total. The third-order valence-corrected chi connectivity index (χ3v) is 4.09. The van der Waals surface area contributed by atoms with Crippen LogP contribution in [0.15, 0.2) is 30.3 Å². The number of hydrogen-bond donors (Lipinski definition) is 2. The lowest BCUT2D eigenvalue weighted by Gasteiger charge is -2.17. The summed E-state index contributed by atoms with van der Waals surface area (Å²) in [6, 6.07) is 8.75. The van der Waals surface area contributed by atoms with Crippen LogP contribution < -0.4 is 24.8 Å². The number of rotatable bonds is 6. The number of amides is 2. The van der Waals surface area contributed by atoms with Crippen molar-refractivity contribution in [1.82, 2.24) is 0 Å². The predicted octanol–water partition coefficient (Wildman–Crippen LogP) is 4.79. The number of benzene rings is 2. The Hall–Kier alpha value is -2.89. The van der Waals surface area contributed by atoms with Crippen molar-refractivity contribution in [1.29, 1.82) is 0 Å². The number of carbonyl (C=O) groups is 1. The maximum Gasteiger partial charge on any atom is 0.323 e. The number of carbonyl (C=O) groups excluding carboxylic acids is 1. The molecule has 6 heteroatoms. The number of anilines is 2. The number of aryl methyl sites for hydroxylation is 1. The van der Waals surface area contributed by atoms with Gasteiger partial charge in [0.1, 0.15) is 5.75 Å². The van der Waals surface area contributed by atoms with Gasteiger partial charge in [-0.2, -0.15) is 0 Å². The Morgan fingerprint density at radius 2 is 1.54 bits per heavy atom. The van der Waals surface area contributed by atoms with Gasteiger partial charge in [-0.15, -0.1) is 0 Å². The molecule has 0 unspecified atom stereocenters. The third kappa shape index (κ3) is 4.39. The molecule has 2 aromatic carbocycles. The smallest absolute Gasteiger partial charge is 0.323 e. The summed E-state index contributed by atoms with van der Waals surface area (Å²) in [5, 5.41) is 5.70. The number of methoxy groups -OCH3 is 3. The highest BCUT2D eigenvalue weighted by molar-refractivity contribution is 6.00. The van der Waals surface area contributed by atoms with E-state index in [2.05, 4.69) is 24.5 Å². The van der Waals surface area contributed by atoms with Crippen molar-refractivity contribution in [2.75, 3.05) is 32.0 Å². The molecule has 0 aromatic heterocycles. The van der Waals surface area contributed by atoms with Crippen LogP contribution in [0.4, 0.5) is 16.2 Å².